The number of piperidine rings is 1. The van der Waals surface area contributed by atoms with Crippen molar-refractivity contribution in [3.63, 3.8) is 0 Å². The second-order valence-electron chi connectivity index (χ2n) is 6.38. The van der Waals surface area contributed by atoms with Crippen LogP contribution >= 0.6 is 23.9 Å². The Morgan fingerprint density at radius 3 is 2.62 bits per heavy atom. The zero-order valence-electron chi connectivity index (χ0n) is 13.0. The van der Waals surface area contributed by atoms with Gasteiger partial charge in [-0.05, 0) is 68.1 Å². The minimum atomic E-state index is -2.73. The van der Waals surface area contributed by atoms with Crippen LogP contribution < -0.4 is 5.32 Å². The molecule has 8 heteroatoms. The fourth-order valence-corrected chi connectivity index (χ4v) is 4.53. The number of aryl methyl sites for hydroxylation is 1. The Labute approximate surface area is 148 Å². The third-order valence-corrected chi connectivity index (χ3v) is 5.87. The molecule has 1 aromatic carbocycles. The van der Waals surface area contributed by atoms with E-state index in [0.717, 1.165) is 22.7 Å². The van der Waals surface area contributed by atoms with Crippen LogP contribution in [0.4, 0.5) is 13.2 Å². The van der Waals surface area contributed by atoms with E-state index in [4.69, 9.17) is 0 Å². The molecule has 1 saturated carbocycles. The largest absolute Gasteiger partial charge is 0.317 e. The molecule has 2 heterocycles. The number of hydrogen-bond donors (Lipinski definition) is 1. The lowest BCUT2D eigenvalue weighted by Gasteiger charge is -2.22. The van der Waals surface area contributed by atoms with Crippen LogP contribution in [0.15, 0.2) is 18.2 Å². The molecule has 1 aliphatic heterocycles. The molecule has 0 radical (unpaired) electrons. The minimum Gasteiger partial charge on any atom is -0.317 e. The molecule has 1 N–H and O–H groups in total. The summed E-state index contributed by atoms with van der Waals surface area (Å²) in [5.41, 5.74) is 0.499. The van der Waals surface area contributed by atoms with Crippen molar-refractivity contribution in [3.05, 3.63) is 35.4 Å². The zero-order chi connectivity index (χ0) is 16.2. The number of halogens is 4. The normalized spacial score (nSPS) is 23.8. The van der Waals surface area contributed by atoms with Crippen LogP contribution in [0.25, 0.3) is 10.6 Å². The van der Waals surface area contributed by atoms with Gasteiger partial charge in [0.2, 0.25) is 0 Å². The van der Waals surface area contributed by atoms with Crippen LogP contribution in [0.5, 0.6) is 0 Å². The van der Waals surface area contributed by atoms with Crippen molar-refractivity contribution in [1.82, 2.24) is 14.7 Å². The number of nitrogens with zero attached hydrogens (tertiary/aromatic N) is 2. The number of aromatic nitrogens is 2. The Bertz CT molecular complexity index is 759. The molecular formula is C16H17ClF3N3S. The van der Waals surface area contributed by atoms with Crippen LogP contribution in [0.3, 0.4) is 0 Å². The predicted octanol–water partition coefficient (Wildman–Crippen LogP) is 4.18. The number of benzene rings is 1. The summed E-state index contributed by atoms with van der Waals surface area (Å²) >= 11 is 1.11. The van der Waals surface area contributed by atoms with Gasteiger partial charge in [0, 0.05) is 5.56 Å². The van der Waals surface area contributed by atoms with Gasteiger partial charge >= 0.3 is 0 Å². The second kappa shape index (κ2) is 5.97. The summed E-state index contributed by atoms with van der Waals surface area (Å²) in [6.45, 7) is 3.00. The maximum atomic E-state index is 14.4. The Kier molecular flexibility index (Phi) is 4.38. The molecule has 1 saturated heterocycles. The quantitative estimate of drug-likeness (QED) is 0.855. The van der Waals surface area contributed by atoms with E-state index >= 15 is 0 Å². The molecule has 130 valence electrons. The summed E-state index contributed by atoms with van der Waals surface area (Å²) in [6, 6.07) is 4.39. The molecule has 2 aliphatic rings. The highest BCUT2D eigenvalue weighted by Crippen LogP contribution is 2.74. The van der Waals surface area contributed by atoms with Gasteiger partial charge in [0.25, 0.3) is 5.92 Å². The van der Waals surface area contributed by atoms with E-state index in [-0.39, 0.29) is 24.0 Å². The maximum Gasteiger partial charge on any atom is 0.265 e. The van der Waals surface area contributed by atoms with Gasteiger partial charge in [0.1, 0.15) is 10.8 Å². The first-order valence-electron chi connectivity index (χ1n) is 7.64. The Morgan fingerprint density at radius 2 is 1.96 bits per heavy atom. The standard InChI is InChI=1S/C16H16F3N3S.ClH/c1-9-8-10(17)2-3-11(9)14-21-13(22-23-14)12-15(16(12,18)19)4-6-20-7-5-15;/h2-3,8,12,20H,4-7H2,1H3;1H. The van der Waals surface area contributed by atoms with Crippen molar-refractivity contribution in [3.8, 4) is 10.6 Å². The molecule has 4 rings (SSSR count). The lowest BCUT2D eigenvalue weighted by atomic mass is 9.91. The highest BCUT2D eigenvalue weighted by atomic mass is 35.5. The first kappa shape index (κ1) is 17.6. The van der Waals surface area contributed by atoms with Crippen molar-refractivity contribution in [2.75, 3.05) is 13.1 Å². The Hall–Kier alpha value is -1.18. The smallest absolute Gasteiger partial charge is 0.265 e. The maximum absolute atomic E-state index is 14.4. The van der Waals surface area contributed by atoms with Gasteiger partial charge in [-0.25, -0.2) is 18.2 Å². The van der Waals surface area contributed by atoms with E-state index in [2.05, 4.69) is 14.7 Å². The molecule has 0 amide bonds. The Balaban J connectivity index is 0.00000169. The highest BCUT2D eigenvalue weighted by Gasteiger charge is 2.81. The van der Waals surface area contributed by atoms with E-state index in [1.54, 1.807) is 13.0 Å². The zero-order valence-corrected chi connectivity index (χ0v) is 14.6. The molecule has 24 heavy (non-hydrogen) atoms. The molecule has 0 bridgehead atoms. The van der Waals surface area contributed by atoms with Gasteiger partial charge in [-0.3, -0.25) is 0 Å². The molecular weight excluding hydrogens is 359 g/mol. The van der Waals surface area contributed by atoms with Gasteiger partial charge < -0.3 is 5.32 Å². The number of hydrogen-bond acceptors (Lipinski definition) is 4. The van der Waals surface area contributed by atoms with Gasteiger partial charge in [0.05, 0.1) is 11.3 Å². The summed E-state index contributed by atoms with van der Waals surface area (Å²) in [6.07, 6.45) is 0.906. The molecule has 1 aliphatic carbocycles. The topological polar surface area (TPSA) is 37.8 Å². The first-order valence-corrected chi connectivity index (χ1v) is 8.42. The van der Waals surface area contributed by atoms with E-state index < -0.39 is 17.3 Å². The number of nitrogens with one attached hydrogen (secondary N) is 1. The molecule has 2 aromatic rings. The van der Waals surface area contributed by atoms with Crippen LogP contribution in [0.2, 0.25) is 0 Å². The predicted molar refractivity (Wildman–Crippen MR) is 89.5 cm³/mol. The van der Waals surface area contributed by atoms with Crippen molar-refractivity contribution in [1.29, 1.82) is 0 Å². The van der Waals surface area contributed by atoms with E-state index in [1.807, 2.05) is 0 Å². The average Bonchev–Trinajstić information content (AvgIpc) is 2.84. The molecule has 2 fully saturated rings. The van der Waals surface area contributed by atoms with Crippen LogP contribution in [-0.4, -0.2) is 28.4 Å². The summed E-state index contributed by atoms with van der Waals surface area (Å²) in [7, 11) is 0. The SMILES string of the molecule is Cc1cc(F)ccc1-c1nc(C2C(F)(F)C23CCNCC3)ns1.Cl. The summed E-state index contributed by atoms with van der Waals surface area (Å²) in [5.74, 6) is -3.70. The van der Waals surface area contributed by atoms with Crippen molar-refractivity contribution in [2.24, 2.45) is 5.41 Å². The number of alkyl halides is 2. The lowest BCUT2D eigenvalue weighted by Crippen LogP contribution is -2.32. The van der Waals surface area contributed by atoms with Gasteiger partial charge in [-0.15, -0.1) is 12.4 Å². The van der Waals surface area contributed by atoms with E-state index in [1.165, 1.54) is 12.1 Å². The molecule has 1 aromatic heterocycles. The van der Waals surface area contributed by atoms with Gasteiger partial charge in [-0.1, -0.05) is 0 Å². The van der Waals surface area contributed by atoms with E-state index in [0.29, 0.717) is 30.9 Å². The van der Waals surface area contributed by atoms with Crippen LogP contribution in [-0.2, 0) is 0 Å². The third kappa shape index (κ3) is 2.45. The van der Waals surface area contributed by atoms with E-state index in [9.17, 15) is 13.2 Å². The summed E-state index contributed by atoms with van der Waals surface area (Å²) in [5, 5.41) is 3.70. The molecule has 1 unspecified atom stereocenters. The van der Waals surface area contributed by atoms with Crippen LogP contribution in [0, 0.1) is 18.2 Å². The summed E-state index contributed by atoms with van der Waals surface area (Å²) in [4.78, 5) is 4.36. The van der Waals surface area contributed by atoms with Crippen LogP contribution in [0.1, 0.15) is 30.1 Å². The second-order valence-corrected chi connectivity index (χ2v) is 7.13. The molecule has 1 atom stereocenters. The van der Waals surface area contributed by atoms with Crippen molar-refractivity contribution in [2.45, 2.75) is 31.6 Å². The number of rotatable bonds is 2. The van der Waals surface area contributed by atoms with Crippen molar-refractivity contribution < 1.29 is 13.2 Å². The average molecular weight is 376 g/mol. The third-order valence-electron chi connectivity index (χ3n) is 5.11. The van der Waals surface area contributed by atoms with Crippen molar-refractivity contribution >= 4 is 23.9 Å². The minimum absolute atomic E-state index is 0. The Morgan fingerprint density at radius 1 is 1.25 bits per heavy atom. The fraction of sp³-hybridized carbons (Fsp3) is 0.500. The summed E-state index contributed by atoms with van der Waals surface area (Å²) < 4.78 is 46.2. The lowest BCUT2D eigenvalue weighted by molar-refractivity contribution is 0.0491. The van der Waals surface area contributed by atoms with Gasteiger partial charge in [-0.2, -0.15) is 4.37 Å². The first-order chi connectivity index (χ1) is 11.0. The van der Waals surface area contributed by atoms with Gasteiger partial charge in [0.15, 0.2) is 5.82 Å². The molecule has 3 nitrogen and oxygen atoms in total. The highest BCUT2D eigenvalue weighted by molar-refractivity contribution is 7.09. The monoisotopic (exact) mass is 375 g/mol. The fourth-order valence-electron chi connectivity index (χ4n) is 3.74. The molecule has 1 spiro atoms.